The smallest absolute Gasteiger partial charge is 0.230 e. The van der Waals surface area contributed by atoms with Gasteiger partial charge in [0.1, 0.15) is 12.4 Å². The van der Waals surface area contributed by atoms with Crippen molar-refractivity contribution in [2.75, 3.05) is 4.90 Å². The van der Waals surface area contributed by atoms with Gasteiger partial charge in [-0.15, -0.1) is 11.3 Å². The number of thiazole rings is 1. The van der Waals surface area contributed by atoms with Gasteiger partial charge in [0, 0.05) is 12.3 Å². The molecule has 3 aromatic carbocycles. The van der Waals surface area contributed by atoms with Crippen LogP contribution in [0.5, 0.6) is 5.75 Å². The van der Waals surface area contributed by atoms with Crippen molar-refractivity contribution in [1.82, 2.24) is 4.98 Å². The van der Waals surface area contributed by atoms with Gasteiger partial charge in [0.25, 0.3) is 0 Å². The van der Waals surface area contributed by atoms with E-state index < -0.39 is 0 Å². The molecule has 0 saturated carbocycles. The van der Waals surface area contributed by atoms with Gasteiger partial charge in [0.2, 0.25) is 5.91 Å². The molecule has 1 heterocycles. The third kappa shape index (κ3) is 4.20. The zero-order chi connectivity index (χ0) is 22.0. The second-order valence-electron chi connectivity index (χ2n) is 7.37. The first-order valence-corrected chi connectivity index (χ1v) is 10.8. The molecule has 0 aliphatic carbocycles. The highest BCUT2D eigenvalue weighted by atomic mass is 32.1. The molecule has 0 aliphatic rings. The second-order valence-corrected chi connectivity index (χ2v) is 8.21. The van der Waals surface area contributed by atoms with Gasteiger partial charge in [0.05, 0.1) is 16.9 Å². The maximum Gasteiger partial charge on any atom is 0.230 e. The van der Waals surface area contributed by atoms with Crippen LogP contribution in [-0.4, -0.2) is 17.2 Å². The number of aryl methyl sites for hydroxylation is 2. The molecule has 31 heavy (non-hydrogen) atoms. The Morgan fingerprint density at radius 2 is 1.94 bits per heavy atom. The lowest BCUT2D eigenvalue weighted by Gasteiger charge is -2.20. The predicted octanol–water partition coefficient (Wildman–Crippen LogP) is 5.99. The van der Waals surface area contributed by atoms with Gasteiger partial charge in [0.15, 0.2) is 11.4 Å². The van der Waals surface area contributed by atoms with Crippen LogP contribution < -0.4 is 9.64 Å². The molecule has 0 unspecified atom stereocenters. The first-order valence-electron chi connectivity index (χ1n) is 9.90. The van der Waals surface area contributed by atoms with Crippen LogP contribution >= 0.6 is 11.3 Å². The van der Waals surface area contributed by atoms with E-state index in [0.29, 0.717) is 22.1 Å². The highest BCUT2D eigenvalue weighted by Gasteiger charge is 2.20. The van der Waals surface area contributed by atoms with E-state index in [-0.39, 0.29) is 12.5 Å². The van der Waals surface area contributed by atoms with E-state index >= 15 is 0 Å². The average Bonchev–Trinajstić information content (AvgIpc) is 3.21. The van der Waals surface area contributed by atoms with Crippen molar-refractivity contribution in [2.45, 2.75) is 27.4 Å². The molecule has 0 bridgehead atoms. The minimum atomic E-state index is -0.105. The van der Waals surface area contributed by atoms with Crippen molar-refractivity contribution in [3.8, 4) is 5.75 Å². The Hall–Kier alpha value is -3.51. The summed E-state index contributed by atoms with van der Waals surface area (Å²) >= 11 is 1.39. The molecule has 156 valence electrons. The van der Waals surface area contributed by atoms with Gasteiger partial charge in [-0.05, 0) is 42.3 Å². The molecule has 1 amide bonds. The summed E-state index contributed by atoms with van der Waals surface area (Å²) in [6, 6.07) is 17.4. The molecule has 0 radical (unpaired) electrons. The van der Waals surface area contributed by atoms with E-state index in [1.165, 1.54) is 18.3 Å². The number of rotatable bonds is 6. The quantitative estimate of drug-likeness (QED) is 0.353. The number of hydrogen-bond acceptors (Lipinski definition) is 5. The molecule has 0 fully saturated rings. The molecule has 0 spiro atoms. The number of nitrogens with zero attached hydrogens (tertiary/aromatic N) is 2. The molecule has 0 saturated heterocycles. The summed E-state index contributed by atoms with van der Waals surface area (Å²) in [6.07, 6.45) is 0.821. The number of aldehydes is 1. The minimum Gasteiger partial charge on any atom is -0.486 e. The molecule has 0 atom stereocenters. The highest BCUT2D eigenvalue weighted by Crippen LogP contribution is 2.32. The molecule has 4 aromatic rings. The van der Waals surface area contributed by atoms with Crippen LogP contribution in [0, 0.1) is 13.8 Å². The number of ether oxygens (including phenoxy) is 1. The predicted molar refractivity (Wildman–Crippen MR) is 125 cm³/mol. The lowest BCUT2D eigenvalue weighted by molar-refractivity contribution is -0.115. The summed E-state index contributed by atoms with van der Waals surface area (Å²) in [4.78, 5) is 30.3. The van der Waals surface area contributed by atoms with E-state index in [1.54, 1.807) is 11.0 Å². The second kappa shape index (κ2) is 8.70. The first-order chi connectivity index (χ1) is 15.0. The Morgan fingerprint density at radius 1 is 1.13 bits per heavy atom. The van der Waals surface area contributed by atoms with E-state index in [1.807, 2.05) is 67.8 Å². The third-order valence-electron chi connectivity index (χ3n) is 5.06. The number of carbonyl (C=O) groups excluding carboxylic acids is 2. The molecule has 0 N–H and O–H groups in total. The zero-order valence-electron chi connectivity index (χ0n) is 17.6. The summed E-state index contributed by atoms with van der Waals surface area (Å²) in [5.41, 5.74) is 4.18. The fourth-order valence-corrected chi connectivity index (χ4v) is 4.47. The maximum atomic E-state index is 12.4. The SMILES string of the molecule is CC(=O)N(c1nc(COc2ccc3ccccc3c2C=O)cs1)c1ccc(C)cc1C. The molecular formula is C25H22N2O3S. The Morgan fingerprint density at radius 3 is 2.68 bits per heavy atom. The monoisotopic (exact) mass is 430 g/mol. The topological polar surface area (TPSA) is 59.5 Å². The van der Waals surface area contributed by atoms with Crippen molar-refractivity contribution < 1.29 is 14.3 Å². The van der Waals surface area contributed by atoms with Crippen molar-refractivity contribution in [1.29, 1.82) is 0 Å². The molecule has 0 aliphatic heterocycles. The fourth-order valence-electron chi connectivity index (χ4n) is 3.60. The van der Waals surface area contributed by atoms with Crippen LogP contribution in [0.1, 0.15) is 34.1 Å². The van der Waals surface area contributed by atoms with Crippen LogP contribution in [0.3, 0.4) is 0 Å². The maximum absolute atomic E-state index is 12.4. The van der Waals surface area contributed by atoms with E-state index in [4.69, 9.17) is 4.74 Å². The van der Waals surface area contributed by atoms with Crippen LogP contribution in [0.2, 0.25) is 0 Å². The fraction of sp³-hybridized carbons (Fsp3) is 0.160. The molecule has 1 aromatic heterocycles. The van der Waals surface area contributed by atoms with Crippen molar-refractivity contribution in [3.63, 3.8) is 0 Å². The highest BCUT2D eigenvalue weighted by molar-refractivity contribution is 7.14. The largest absolute Gasteiger partial charge is 0.486 e. The number of anilines is 2. The van der Waals surface area contributed by atoms with Gasteiger partial charge in [-0.2, -0.15) is 0 Å². The molecule has 4 rings (SSSR count). The standard InChI is InChI=1S/C25H22N2O3S/c1-16-8-10-23(17(2)12-16)27(18(3)29)25-26-20(15-31-25)14-30-24-11-9-19-6-4-5-7-21(19)22(24)13-28/h4-13,15H,14H2,1-3H3. The van der Waals surface area contributed by atoms with Crippen LogP contribution in [-0.2, 0) is 11.4 Å². The number of benzene rings is 3. The van der Waals surface area contributed by atoms with Crippen molar-refractivity contribution >= 4 is 45.1 Å². The normalized spacial score (nSPS) is 10.8. The molecule has 5 nitrogen and oxygen atoms in total. The number of fused-ring (bicyclic) bond motifs is 1. The van der Waals surface area contributed by atoms with E-state index in [2.05, 4.69) is 4.98 Å². The third-order valence-corrected chi connectivity index (χ3v) is 5.94. The van der Waals surface area contributed by atoms with Crippen molar-refractivity contribution in [3.05, 3.63) is 82.4 Å². The van der Waals surface area contributed by atoms with Gasteiger partial charge in [-0.3, -0.25) is 14.5 Å². The van der Waals surface area contributed by atoms with Gasteiger partial charge in [-0.25, -0.2) is 4.98 Å². The molecular weight excluding hydrogens is 408 g/mol. The summed E-state index contributed by atoms with van der Waals surface area (Å²) in [7, 11) is 0. The number of aromatic nitrogens is 1. The lowest BCUT2D eigenvalue weighted by Crippen LogP contribution is -2.23. The van der Waals surface area contributed by atoms with Crippen LogP contribution in [0.15, 0.2) is 60.0 Å². The first kappa shape index (κ1) is 20.8. The number of amides is 1. The van der Waals surface area contributed by atoms with Crippen molar-refractivity contribution in [2.24, 2.45) is 0 Å². The Bertz CT molecular complexity index is 1280. The van der Waals surface area contributed by atoms with Crippen LogP contribution in [0.25, 0.3) is 10.8 Å². The lowest BCUT2D eigenvalue weighted by atomic mass is 10.0. The van der Waals surface area contributed by atoms with Gasteiger partial charge >= 0.3 is 0 Å². The summed E-state index contributed by atoms with van der Waals surface area (Å²) in [5.74, 6) is 0.410. The number of carbonyl (C=O) groups is 2. The molecule has 6 heteroatoms. The van der Waals surface area contributed by atoms with E-state index in [0.717, 1.165) is 33.9 Å². The minimum absolute atomic E-state index is 0.105. The summed E-state index contributed by atoms with van der Waals surface area (Å²) in [5, 5.41) is 4.30. The van der Waals surface area contributed by atoms with Crippen LogP contribution in [0.4, 0.5) is 10.8 Å². The number of hydrogen-bond donors (Lipinski definition) is 0. The Balaban J connectivity index is 1.58. The average molecular weight is 431 g/mol. The Kier molecular flexibility index (Phi) is 5.82. The van der Waals surface area contributed by atoms with E-state index in [9.17, 15) is 9.59 Å². The summed E-state index contributed by atoms with van der Waals surface area (Å²) < 4.78 is 5.93. The van der Waals surface area contributed by atoms with Gasteiger partial charge < -0.3 is 4.74 Å². The Labute approximate surface area is 184 Å². The van der Waals surface area contributed by atoms with Gasteiger partial charge in [-0.1, -0.05) is 48.0 Å². The zero-order valence-corrected chi connectivity index (χ0v) is 18.4. The summed E-state index contributed by atoms with van der Waals surface area (Å²) in [6.45, 7) is 5.74.